The number of ether oxygens (including phenoxy) is 2. The minimum Gasteiger partial charge on any atom is -0.495 e. The summed E-state index contributed by atoms with van der Waals surface area (Å²) in [5.74, 6) is 2.61. The molecule has 0 amide bonds. The summed E-state index contributed by atoms with van der Waals surface area (Å²) in [4.78, 5) is 11.6. The van der Waals surface area contributed by atoms with Gasteiger partial charge in [0.25, 0.3) is 0 Å². The van der Waals surface area contributed by atoms with E-state index in [4.69, 9.17) is 37.7 Å². The zero-order chi connectivity index (χ0) is 21.8. The molecular formula is C22H25Cl2N5O2. The lowest BCUT2D eigenvalue weighted by Gasteiger charge is -2.58. The molecule has 2 aliphatic heterocycles. The van der Waals surface area contributed by atoms with Crippen LogP contribution < -0.4 is 25.0 Å². The number of fused-ring (bicyclic) bond motifs is 1. The van der Waals surface area contributed by atoms with E-state index in [1.165, 1.54) is 0 Å². The predicted molar refractivity (Wildman–Crippen MR) is 125 cm³/mol. The van der Waals surface area contributed by atoms with E-state index in [0.29, 0.717) is 45.5 Å². The van der Waals surface area contributed by atoms with Crippen molar-refractivity contribution >= 4 is 46.6 Å². The van der Waals surface area contributed by atoms with Crippen LogP contribution in [-0.2, 0) is 0 Å². The van der Waals surface area contributed by atoms with Gasteiger partial charge in [-0.3, -0.25) is 0 Å². The maximum atomic E-state index is 6.73. The highest BCUT2D eigenvalue weighted by atomic mass is 35.5. The van der Waals surface area contributed by atoms with E-state index < -0.39 is 0 Å². The SMILES string of the molecule is CNc1ncc2c(n1)N(C1CC3(CNC3)C1)CC(c1c(Cl)c(OC)cc(OC)c1Cl)=C2. The van der Waals surface area contributed by atoms with Gasteiger partial charge >= 0.3 is 0 Å². The molecule has 0 radical (unpaired) electrons. The van der Waals surface area contributed by atoms with Crippen LogP contribution in [0.2, 0.25) is 10.0 Å². The first-order valence-electron chi connectivity index (χ1n) is 10.3. The van der Waals surface area contributed by atoms with E-state index in [1.807, 2.05) is 13.2 Å². The number of nitrogens with one attached hydrogen (secondary N) is 2. The largest absolute Gasteiger partial charge is 0.495 e. The van der Waals surface area contributed by atoms with Crippen LogP contribution in [0, 0.1) is 5.41 Å². The molecule has 3 heterocycles. The maximum Gasteiger partial charge on any atom is 0.224 e. The van der Waals surface area contributed by atoms with Crippen molar-refractivity contribution in [3.05, 3.63) is 33.4 Å². The molecule has 0 atom stereocenters. The third kappa shape index (κ3) is 3.30. The Hall–Kier alpha value is -2.22. The number of nitrogens with zero attached hydrogens (tertiary/aromatic N) is 3. The normalized spacial score (nSPS) is 19.3. The highest BCUT2D eigenvalue weighted by molar-refractivity contribution is 6.39. The number of benzene rings is 1. The van der Waals surface area contributed by atoms with Gasteiger partial charge in [-0.05, 0) is 29.9 Å². The fourth-order valence-corrected chi connectivity index (χ4v) is 5.62. The Bertz CT molecular complexity index is 1030. The van der Waals surface area contributed by atoms with Gasteiger partial charge in [-0.1, -0.05) is 23.2 Å². The quantitative estimate of drug-likeness (QED) is 0.697. The Kier molecular flexibility index (Phi) is 5.15. The van der Waals surface area contributed by atoms with Gasteiger partial charge in [-0.2, -0.15) is 4.98 Å². The number of halogens is 2. The molecule has 1 aromatic heterocycles. The van der Waals surface area contributed by atoms with Crippen molar-refractivity contribution in [2.45, 2.75) is 18.9 Å². The topological polar surface area (TPSA) is 71.5 Å². The Morgan fingerprint density at radius 1 is 1.16 bits per heavy atom. The van der Waals surface area contributed by atoms with Gasteiger partial charge in [0.15, 0.2) is 0 Å². The smallest absolute Gasteiger partial charge is 0.224 e. The summed E-state index contributed by atoms with van der Waals surface area (Å²) in [6, 6.07) is 2.12. The molecule has 7 nitrogen and oxygen atoms in total. The second-order valence-electron chi connectivity index (χ2n) is 8.47. The van der Waals surface area contributed by atoms with Gasteiger partial charge in [0, 0.05) is 56.1 Å². The Morgan fingerprint density at radius 2 is 1.84 bits per heavy atom. The lowest BCUT2D eigenvalue weighted by atomic mass is 9.61. The lowest BCUT2D eigenvalue weighted by Crippen LogP contribution is -2.65. The van der Waals surface area contributed by atoms with Gasteiger partial charge < -0.3 is 25.0 Å². The summed E-state index contributed by atoms with van der Waals surface area (Å²) in [5, 5.41) is 7.41. The van der Waals surface area contributed by atoms with Crippen LogP contribution in [0.15, 0.2) is 12.3 Å². The Balaban J connectivity index is 1.59. The standard InChI is InChI=1S/C22H25Cl2N5O2/c1-25-21-27-8-12-4-13(17-18(23)15(30-2)5-16(31-3)19(17)24)9-29(20(12)28-21)14-6-22(7-14)10-26-11-22/h4-5,8,14,26H,6-7,9-11H2,1-3H3,(H,25,27,28). The van der Waals surface area contributed by atoms with Crippen molar-refractivity contribution in [1.82, 2.24) is 15.3 Å². The molecule has 0 unspecified atom stereocenters. The molecule has 9 heteroatoms. The highest BCUT2D eigenvalue weighted by Crippen LogP contribution is 2.51. The fraction of sp³-hybridized carbons (Fsp3) is 0.455. The predicted octanol–water partition coefficient (Wildman–Crippen LogP) is 3.95. The molecule has 0 bridgehead atoms. The van der Waals surface area contributed by atoms with Crippen LogP contribution in [-0.4, -0.2) is 56.9 Å². The van der Waals surface area contributed by atoms with Crippen molar-refractivity contribution < 1.29 is 9.47 Å². The fourth-order valence-electron chi connectivity index (χ4n) is 4.87. The molecule has 1 spiro atoms. The van der Waals surface area contributed by atoms with Crippen LogP contribution in [0.3, 0.4) is 0 Å². The first kappa shape index (κ1) is 20.7. The number of methoxy groups -OCH3 is 2. The van der Waals surface area contributed by atoms with Crippen LogP contribution >= 0.6 is 23.2 Å². The monoisotopic (exact) mass is 461 g/mol. The molecule has 164 valence electrons. The molecule has 1 saturated carbocycles. The molecule has 1 saturated heterocycles. The van der Waals surface area contributed by atoms with E-state index in [2.05, 4.69) is 26.6 Å². The minimum atomic E-state index is 0.411. The highest BCUT2D eigenvalue weighted by Gasteiger charge is 2.51. The zero-order valence-electron chi connectivity index (χ0n) is 17.8. The van der Waals surface area contributed by atoms with E-state index in [1.54, 1.807) is 20.3 Å². The van der Waals surface area contributed by atoms with Crippen molar-refractivity contribution in [3.63, 3.8) is 0 Å². The number of hydrogen-bond donors (Lipinski definition) is 2. The number of aromatic nitrogens is 2. The molecular weight excluding hydrogens is 437 g/mol. The second kappa shape index (κ2) is 7.73. The van der Waals surface area contributed by atoms with Crippen molar-refractivity contribution in [2.75, 3.05) is 51.1 Å². The zero-order valence-corrected chi connectivity index (χ0v) is 19.3. The van der Waals surface area contributed by atoms with Gasteiger partial charge in [-0.25, -0.2) is 4.98 Å². The van der Waals surface area contributed by atoms with Crippen LogP contribution in [0.5, 0.6) is 11.5 Å². The lowest BCUT2D eigenvalue weighted by molar-refractivity contribution is 0.0361. The van der Waals surface area contributed by atoms with Crippen molar-refractivity contribution in [3.8, 4) is 11.5 Å². The van der Waals surface area contributed by atoms with Crippen LogP contribution in [0.4, 0.5) is 11.8 Å². The van der Waals surface area contributed by atoms with Crippen molar-refractivity contribution in [1.29, 1.82) is 0 Å². The van der Waals surface area contributed by atoms with Gasteiger partial charge in [-0.15, -0.1) is 0 Å². The van der Waals surface area contributed by atoms with Crippen molar-refractivity contribution in [2.24, 2.45) is 5.41 Å². The number of rotatable bonds is 5. The third-order valence-electron chi connectivity index (χ3n) is 6.63. The molecule has 1 aliphatic carbocycles. The third-order valence-corrected chi connectivity index (χ3v) is 7.39. The van der Waals surface area contributed by atoms with Gasteiger partial charge in [0.1, 0.15) is 17.3 Å². The summed E-state index contributed by atoms with van der Waals surface area (Å²) >= 11 is 13.5. The summed E-state index contributed by atoms with van der Waals surface area (Å²) in [6.07, 6.45) is 6.21. The first-order valence-corrected chi connectivity index (χ1v) is 11.1. The second-order valence-corrected chi connectivity index (χ2v) is 9.23. The molecule has 5 rings (SSSR count). The molecule has 31 heavy (non-hydrogen) atoms. The average Bonchev–Trinajstić information content (AvgIpc) is 2.71. The summed E-state index contributed by atoms with van der Waals surface area (Å²) in [7, 11) is 5.00. The van der Waals surface area contributed by atoms with Crippen LogP contribution in [0.1, 0.15) is 24.0 Å². The minimum absolute atomic E-state index is 0.411. The molecule has 1 aromatic carbocycles. The summed E-state index contributed by atoms with van der Waals surface area (Å²) < 4.78 is 11.0. The molecule has 2 fully saturated rings. The van der Waals surface area contributed by atoms with E-state index in [0.717, 1.165) is 48.4 Å². The average molecular weight is 462 g/mol. The number of anilines is 2. The Morgan fingerprint density at radius 3 is 2.39 bits per heavy atom. The summed E-state index contributed by atoms with van der Waals surface area (Å²) in [6.45, 7) is 2.85. The van der Waals surface area contributed by atoms with E-state index in [-0.39, 0.29) is 0 Å². The maximum absolute atomic E-state index is 6.73. The molecule has 2 aromatic rings. The van der Waals surface area contributed by atoms with E-state index >= 15 is 0 Å². The van der Waals surface area contributed by atoms with Gasteiger partial charge in [0.2, 0.25) is 5.95 Å². The first-order chi connectivity index (χ1) is 15.0. The Labute approximate surface area is 191 Å². The molecule has 2 N–H and O–H groups in total. The van der Waals surface area contributed by atoms with E-state index in [9.17, 15) is 0 Å². The van der Waals surface area contributed by atoms with Crippen LogP contribution in [0.25, 0.3) is 11.6 Å². The molecule has 3 aliphatic rings. The summed E-state index contributed by atoms with van der Waals surface area (Å²) in [5.41, 5.74) is 3.11. The number of hydrogen-bond acceptors (Lipinski definition) is 7. The van der Waals surface area contributed by atoms with Gasteiger partial charge in [0.05, 0.1) is 24.3 Å².